The highest BCUT2D eigenvalue weighted by molar-refractivity contribution is 6.34. The third-order valence-electron chi connectivity index (χ3n) is 4.12. The van der Waals surface area contributed by atoms with E-state index in [1.807, 2.05) is 18.2 Å². The highest BCUT2D eigenvalue weighted by Crippen LogP contribution is 2.33. The quantitative estimate of drug-likeness (QED) is 0.337. The monoisotopic (exact) mass is 400 g/mol. The smallest absolute Gasteiger partial charge is 0.268 e. The van der Waals surface area contributed by atoms with Crippen LogP contribution in [0.3, 0.4) is 0 Å². The Morgan fingerprint density at radius 1 is 1.29 bits per heavy atom. The third kappa shape index (κ3) is 4.14. The second-order valence-corrected chi connectivity index (χ2v) is 6.52. The van der Waals surface area contributed by atoms with Gasteiger partial charge in [-0.25, -0.2) is 14.3 Å². The molecule has 0 aliphatic rings. The number of fused-ring (bicyclic) bond motifs is 1. The number of nitrogen functional groups attached to an aromatic ring is 1. The van der Waals surface area contributed by atoms with Crippen molar-refractivity contribution in [3.05, 3.63) is 51.7 Å². The molecule has 0 bridgehead atoms. The highest BCUT2D eigenvalue weighted by atomic mass is 35.5. The first-order valence-corrected chi connectivity index (χ1v) is 9.15. The molecule has 9 nitrogen and oxygen atoms in total. The first-order valence-electron chi connectivity index (χ1n) is 8.77. The summed E-state index contributed by atoms with van der Waals surface area (Å²) < 4.78 is 1.39. The van der Waals surface area contributed by atoms with Gasteiger partial charge in [-0.3, -0.25) is 4.98 Å². The summed E-state index contributed by atoms with van der Waals surface area (Å²) in [6.45, 7) is 10.9. The van der Waals surface area contributed by atoms with E-state index in [-0.39, 0.29) is 18.1 Å². The van der Waals surface area contributed by atoms with Gasteiger partial charge in [0.05, 0.1) is 24.6 Å². The van der Waals surface area contributed by atoms with Crippen LogP contribution in [0.4, 0.5) is 17.3 Å². The molecule has 0 spiro atoms. The molecule has 0 amide bonds. The molecule has 0 radical (unpaired) electrons. The number of pyridine rings is 1. The lowest BCUT2D eigenvalue weighted by atomic mass is 10.2. The van der Waals surface area contributed by atoms with E-state index in [9.17, 15) is 0 Å². The van der Waals surface area contributed by atoms with E-state index in [0.717, 1.165) is 11.4 Å². The topological polar surface area (TPSA) is 118 Å². The van der Waals surface area contributed by atoms with Gasteiger partial charge in [0.2, 0.25) is 0 Å². The number of aliphatic hydroxyl groups is 1. The molecular weight excluding hydrogens is 380 g/mol. The fraction of sp³-hybridized carbons (Fsp3) is 0.333. The molecule has 0 atom stereocenters. The van der Waals surface area contributed by atoms with Crippen LogP contribution in [0.2, 0.25) is 5.02 Å². The summed E-state index contributed by atoms with van der Waals surface area (Å²) >= 11 is 6.24. The van der Waals surface area contributed by atoms with Gasteiger partial charge < -0.3 is 21.5 Å². The Morgan fingerprint density at radius 2 is 2.07 bits per heavy atom. The molecule has 3 rings (SSSR count). The van der Waals surface area contributed by atoms with E-state index in [1.165, 1.54) is 4.52 Å². The van der Waals surface area contributed by atoms with Gasteiger partial charge in [-0.1, -0.05) is 17.7 Å². The predicted molar refractivity (Wildman–Crippen MR) is 109 cm³/mol. The van der Waals surface area contributed by atoms with Crippen LogP contribution in [0.5, 0.6) is 0 Å². The van der Waals surface area contributed by atoms with Crippen LogP contribution in [-0.2, 0) is 13.0 Å². The summed E-state index contributed by atoms with van der Waals surface area (Å²) in [6, 6.07) is 5.81. The van der Waals surface area contributed by atoms with Gasteiger partial charge in [-0.05, 0) is 19.1 Å². The zero-order valence-electron chi connectivity index (χ0n) is 15.4. The SMILES string of the molecule is [C-]#[N+]c1c(NCCc2cccc(CNCCO)n2)nc2c(Cl)c(C)nn2c1N. The van der Waals surface area contributed by atoms with Crippen molar-refractivity contribution in [2.24, 2.45) is 0 Å². The van der Waals surface area contributed by atoms with Gasteiger partial charge in [0.25, 0.3) is 5.69 Å². The molecule has 0 fully saturated rings. The van der Waals surface area contributed by atoms with Crippen molar-refractivity contribution in [2.75, 3.05) is 30.7 Å². The summed E-state index contributed by atoms with van der Waals surface area (Å²) in [5.74, 6) is 0.579. The van der Waals surface area contributed by atoms with Crippen LogP contribution in [0.1, 0.15) is 17.1 Å². The number of anilines is 2. The molecule has 0 aromatic carbocycles. The second kappa shape index (κ2) is 8.84. The first-order chi connectivity index (χ1) is 13.5. The van der Waals surface area contributed by atoms with E-state index in [2.05, 4.69) is 30.5 Å². The van der Waals surface area contributed by atoms with Crippen molar-refractivity contribution < 1.29 is 5.11 Å². The van der Waals surface area contributed by atoms with Gasteiger partial charge in [0.15, 0.2) is 5.65 Å². The minimum absolute atomic E-state index is 0.0915. The second-order valence-electron chi connectivity index (χ2n) is 6.14. The maximum atomic E-state index is 8.83. The Labute approximate surface area is 167 Å². The number of halogens is 1. The van der Waals surface area contributed by atoms with E-state index >= 15 is 0 Å². The number of nitrogens with zero attached hydrogens (tertiary/aromatic N) is 5. The van der Waals surface area contributed by atoms with Crippen LogP contribution >= 0.6 is 11.6 Å². The third-order valence-corrected chi connectivity index (χ3v) is 4.56. The molecule has 5 N–H and O–H groups in total. The lowest BCUT2D eigenvalue weighted by Gasteiger charge is -2.11. The molecule has 0 saturated heterocycles. The number of hydrogen-bond donors (Lipinski definition) is 4. The van der Waals surface area contributed by atoms with E-state index in [0.29, 0.717) is 48.2 Å². The summed E-state index contributed by atoms with van der Waals surface area (Å²) in [5, 5.41) is 19.7. The number of aryl methyl sites for hydroxylation is 1. The minimum atomic E-state index is 0.0915. The van der Waals surface area contributed by atoms with Gasteiger partial charge in [-0.2, -0.15) is 5.10 Å². The fourth-order valence-corrected chi connectivity index (χ4v) is 2.91. The lowest BCUT2D eigenvalue weighted by molar-refractivity contribution is 0.291. The molecule has 28 heavy (non-hydrogen) atoms. The van der Waals surface area contributed by atoms with Crippen molar-refractivity contribution in [3.8, 4) is 0 Å². The van der Waals surface area contributed by atoms with Crippen molar-refractivity contribution in [2.45, 2.75) is 19.9 Å². The van der Waals surface area contributed by atoms with E-state index in [1.54, 1.807) is 6.92 Å². The van der Waals surface area contributed by atoms with Gasteiger partial charge >= 0.3 is 0 Å². The number of hydrogen-bond acceptors (Lipinski definition) is 7. The maximum Gasteiger partial charge on any atom is 0.268 e. The highest BCUT2D eigenvalue weighted by Gasteiger charge is 2.18. The van der Waals surface area contributed by atoms with E-state index in [4.69, 9.17) is 29.0 Å². The Hall–Kier alpha value is -2.93. The summed E-state index contributed by atoms with van der Waals surface area (Å²) in [6.07, 6.45) is 0.643. The van der Waals surface area contributed by atoms with Crippen LogP contribution in [0.25, 0.3) is 10.5 Å². The maximum absolute atomic E-state index is 8.83. The molecule has 0 aliphatic carbocycles. The Balaban J connectivity index is 1.73. The van der Waals surface area contributed by atoms with Crippen LogP contribution < -0.4 is 16.4 Å². The van der Waals surface area contributed by atoms with Crippen LogP contribution in [0, 0.1) is 13.5 Å². The standard InChI is InChI=1S/C18H21ClN8O/c1-11-14(19)18-25-17(15(21-2)16(20)27(18)26-11)23-7-6-12-4-3-5-13(24-12)10-22-8-9-28/h3-5,22,28H,6-10,20H2,1H3,(H,23,25). The van der Waals surface area contributed by atoms with Crippen molar-refractivity contribution in [1.29, 1.82) is 0 Å². The predicted octanol–water partition coefficient (Wildman–Crippen LogP) is 1.96. The Kier molecular flexibility index (Phi) is 6.26. The van der Waals surface area contributed by atoms with Gasteiger partial charge in [0.1, 0.15) is 16.7 Å². The molecule has 3 heterocycles. The van der Waals surface area contributed by atoms with Crippen LogP contribution in [0.15, 0.2) is 18.2 Å². The number of nitrogens with one attached hydrogen (secondary N) is 2. The first kappa shape index (κ1) is 19.8. The van der Waals surface area contributed by atoms with Gasteiger partial charge in [-0.15, -0.1) is 0 Å². The van der Waals surface area contributed by atoms with Crippen molar-refractivity contribution >= 4 is 34.6 Å². The summed E-state index contributed by atoms with van der Waals surface area (Å²) in [4.78, 5) is 12.5. The number of rotatable bonds is 8. The normalized spacial score (nSPS) is 10.9. The molecule has 3 aromatic heterocycles. The molecule has 0 aliphatic heterocycles. The zero-order valence-corrected chi connectivity index (χ0v) is 16.2. The zero-order chi connectivity index (χ0) is 20.1. The van der Waals surface area contributed by atoms with Crippen molar-refractivity contribution in [1.82, 2.24) is 24.9 Å². The Morgan fingerprint density at radius 3 is 2.82 bits per heavy atom. The Bertz CT molecular complexity index is 1030. The van der Waals surface area contributed by atoms with E-state index < -0.39 is 0 Å². The average Bonchev–Trinajstić information content (AvgIpc) is 2.97. The molecule has 146 valence electrons. The summed E-state index contributed by atoms with van der Waals surface area (Å²) in [5.41, 5.74) is 9.12. The fourth-order valence-electron chi connectivity index (χ4n) is 2.75. The molecular formula is C18H21ClN8O. The molecule has 3 aromatic rings. The molecule has 0 saturated carbocycles. The lowest BCUT2D eigenvalue weighted by Crippen LogP contribution is -2.18. The largest absolute Gasteiger partial charge is 0.395 e. The summed E-state index contributed by atoms with van der Waals surface area (Å²) in [7, 11) is 0. The number of aromatic nitrogens is 4. The minimum Gasteiger partial charge on any atom is -0.395 e. The van der Waals surface area contributed by atoms with Gasteiger partial charge in [0, 0.05) is 31.7 Å². The number of aliphatic hydroxyl groups excluding tert-OH is 1. The number of nitrogens with two attached hydrogens (primary N) is 1. The molecule has 0 unspecified atom stereocenters. The van der Waals surface area contributed by atoms with Crippen molar-refractivity contribution in [3.63, 3.8) is 0 Å². The van der Waals surface area contributed by atoms with Crippen LogP contribution in [-0.4, -0.2) is 44.4 Å². The molecule has 10 heteroatoms. The average molecular weight is 401 g/mol.